The summed E-state index contributed by atoms with van der Waals surface area (Å²) >= 11 is 0. The van der Waals surface area contributed by atoms with Crippen molar-refractivity contribution >= 4 is 17.5 Å². The van der Waals surface area contributed by atoms with Crippen molar-refractivity contribution in [3.8, 4) is 0 Å². The minimum Gasteiger partial charge on any atom is -0.345 e. The Morgan fingerprint density at radius 2 is 1.89 bits per heavy atom. The molecule has 19 heavy (non-hydrogen) atoms. The van der Waals surface area contributed by atoms with Crippen LogP contribution in [0.5, 0.6) is 0 Å². The Morgan fingerprint density at radius 3 is 2.53 bits per heavy atom. The van der Waals surface area contributed by atoms with Crippen LogP contribution in [0.15, 0.2) is 24.3 Å². The van der Waals surface area contributed by atoms with Gasteiger partial charge < -0.3 is 15.5 Å². The highest BCUT2D eigenvalue weighted by molar-refractivity contribution is 6.03. The third kappa shape index (κ3) is 4.71. The molecule has 0 atom stereocenters. The van der Waals surface area contributed by atoms with Crippen LogP contribution >= 0.6 is 0 Å². The lowest BCUT2D eigenvalue weighted by atomic mass is 10.1. The molecular weight excluding hydrogens is 242 g/mol. The molecule has 1 aromatic rings. The van der Waals surface area contributed by atoms with E-state index in [1.807, 2.05) is 6.92 Å². The monoisotopic (exact) mass is 263 g/mol. The van der Waals surface area contributed by atoms with Crippen LogP contribution in [-0.2, 0) is 4.79 Å². The zero-order chi connectivity index (χ0) is 14.3. The van der Waals surface area contributed by atoms with Crippen LogP contribution in [0.2, 0.25) is 0 Å². The van der Waals surface area contributed by atoms with E-state index in [-0.39, 0.29) is 11.8 Å². The highest BCUT2D eigenvalue weighted by Gasteiger charge is 2.14. The van der Waals surface area contributed by atoms with E-state index >= 15 is 0 Å². The van der Waals surface area contributed by atoms with Crippen LogP contribution < -0.4 is 10.6 Å². The van der Waals surface area contributed by atoms with Crippen molar-refractivity contribution in [2.45, 2.75) is 13.3 Å². The van der Waals surface area contributed by atoms with E-state index in [4.69, 9.17) is 0 Å². The van der Waals surface area contributed by atoms with Crippen LogP contribution in [0.25, 0.3) is 0 Å². The smallest absolute Gasteiger partial charge is 0.255 e. The van der Waals surface area contributed by atoms with Crippen molar-refractivity contribution in [1.82, 2.24) is 10.2 Å². The molecule has 1 aromatic carbocycles. The highest BCUT2D eigenvalue weighted by Crippen LogP contribution is 2.16. The van der Waals surface area contributed by atoms with Crippen molar-refractivity contribution in [2.24, 2.45) is 0 Å². The fraction of sp³-hybridized carbons (Fsp3) is 0.429. The molecule has 5 heteroatoms. The Balaban J connectivity index is 2.73. The van der Waals surface area contributed by atoms with Gasteiger partial charge >= 0.3 is 0 Å². The summed E-state index contributed by atoms with van der Waals surface area (Å²) in [7, 11) is 3.37. The molecule has 0 saturated carbocycles. The molecule has 0 aliphatic carbocycles. The van der Waals surface area contributed by atoms with Crippen LogP contribution in [0.1, 0.15) is 23.7 Å². The maximum Gasteiger partial charge on any atom is 0.255 e. The van der Waals surface area contributed by atoms with Crippen molar-refractivity contribution in [2.75, 3.05) is 32.5 Å². The number of amides is 2. The van der Waals surface area contributed by atoms with Crippen LogP contribution in [0.3, 0.4) is 0 Å². The second-order valence-corrected chi connectivity index (χ2v) is 4.40. The summed E-state index contributed by atoms with van der Waals surface area (Å²) < 4.78 is 0. The highest BCUT2D eigenvalue weighted by atomic mass is 16.2. The lowest BCUT2D eigenvalue weighted by Gasteiger charge is -2.14. The Kier molecular flexibility index (Phi) is 6.02. The molecular formula is C14H21N3O2. The predicted octanol–water partition coefficient (Wildman–Crippen LogP) is 1.33. The van der Waals surface area contributed by atoms with E-state index in [0.29, 0.717) is 24.2 Å². The number of benzene rings is 1. The van der Waals surface area contributed by atoms with Gasteiger partial charge in [0.25, 0.3) is 5.91 Å². The van der Waals surface area contributed by atoms with Crippen molar-refractivity contribution < 1.29 is 9.59 Å². The summed E-state index contributed by atoms with van der Waals surface area (Å²) in [5.74, 6) is -0.220. The Hall–Kier alpha value is -1.88. The van der Waals surface area contributed by atoms with E-state index < -0.39 is 0 Å². The molecule has 0 radical (unpaired) electrons. The van der Waals surface area contributed by atoms with Gasteiger partial charge in [0.1, 0.15) is 0 Å². The molecule has 0 aliphatic heterocycles. The van der Waals surface area contributed by atoms with E-state index in [9.17, 15) is 9.59 Å². The van der Waals surface area contributed by atoms with Crippen molar-refractivity contribution in [3.63, 3.8) is 0 Å². The van der Waals surface area contributed by atoms with Gasteiger partial charge in [-0.05, 0) is 18.7 Å². The molecule has 104 valence electrons. The van der Waals surface area contributed by atoms with Gasteiger partial charge in [0, 0.05) is 27.1 Å². The zero-order valence-corrected chi connectivity index (χ0v) is 11.7. The van der Waals surface area contributed by atoms with Crippen LogP contribution in [0, 0.1) is 0 Å². The first kappa shape index (κ1) is 15.2. The van der Waals surface area contributed by atoms with Gasteiger partial charge in [0.2, 0.25) is 5.91 Å². The maximum absolute atomic E-state index is 12.0. The molecule has 1 rings (SSSR count). The molecule has 0 unspecified atom stereocenters. The first-order valence-corrected chi connectivity index (χ1v) is 6.37. The summed E-state index contributed by atoms with van der Waals surface area (Å²) in [5.41, 5.74) is 1.06. The van der Waals surface area contributed by atoms with E-state index in [1.165, 1.54) is 4.90 Å². The molecule has 2 N–H and O–H groups in total. The minimum atomic E-state index is -0.123. The fourth-order valence-electron chi connectivity index (χ4n) is 1.61. The minimum absolute atomic E-state index is 0.0973. The second kappa shape index (κ2) is 7.53. The summed E-state index contributed by atoms with van der Waals surface area (Å²) in [5, 5.41) is 5.86. The van der Waals surface area contributed by atoms with Crippen LogP contribution in [0.4, 0.5) is 5.69 Å². The largest absolute Gasteiger partial charge is 0.345 e. The number of nitrogens with zero attached hydrogens (tertiary/aromatic N) is 1. The molecule has 0 aliphatic rings. The second-order valence-electron chi connectivity index (χ2n) is 4.40. The lowest BCUT2D eigenvalue weighted by molar-refractivity contribution is -0.116. The first-order valence-electron chi connectivity index (χ1n) is 6.37. The van der Waals surface area contributed by atoms with Crippen LogP contribution in [-0.4, -0.2) is 43.9 Å². The molecule has 0 spiro atoms. The Labute approximate surface area is 114 Å². The average molecular weight is 263 g/mol. The molecule has 5 nitrogen and oxygen atoms in total. The van der Waals surface area contributed by atoms with E-state index in [0.717, 1.165) is 6.54 Å². The van der Waals surface area contributed by atoms with Crippen molar-refractivity contribution in [1.29, 1.82) is 0 Å². The normalized spacial score (nSPS) is 10.1. The number of hydrogen-bond donors (Lipinski definition) is 2. The predicted molar refractivity (Wildman–Crippen MR) is 76.2 cm³/mol. The number of carbonyl (C=O) groups excluding carboxylic acids is 2. The summed E-state index contributed by atoms with van der Waals surface area (Å²) in [6.07, 6.45) is 0.387. The number of carbonyl (C=O) groups is 2. The van der Waals surface area contributed by atoms with Crippen molar-refractivity contribution in [3.05, 3.63) is 29.8 Å². The van der Waals surface area contributed by atoms with Gasteiger partial charge in [-0.15, -0.1) is 0 Å². The fourth-order valence-corrected chi connectivity index (χ4v) is 1.61. The summed E-state index contributed by atoms with van der Waals surface area (Å²) in [6.45, 7) is 3.46. The molecule has 0 fully saturated rings. The Morgan fingerprint density at radius 1 is 1.21 bits per heavy atom. The molecule has 2 amide bonds. The summed E-state index contributed by atoms with van der Waals surface area (Å²) in [6, 6.07) is 7.03. The number of rotatable bonds is 6. The first-order chi connectivity index (χ1) is 9.06. The van der Waals surface area contributed by atoms with Gasteiger partial charge in [-0.3, -0.25) is 9.59 Å². The molecule has 0 saturated heterocycles. The number of para-hydroxylation sites is 1. The number of anilines is 1. The van der Waals surface area contributed by atoms with Gasteiger partial charge in [-0.25, -0.2) is 0 Å². The number of hydrogen-bond acceptors (Lipinski definition) is 3. The number of nitrogens with one attached hydrogen (secondary N) is 2. The third-order valence-electron chi connectivity index (χ3n) is 2.62. The third-order valence-corrected chi connectivity index (χ3v) is 2.62. The van der Waals surface area contributed by atoms with Gasteiger partial charge in [-0.2, -0.15) is 0 Å². The topological polar surface area (TPSA) is 61.4 Å². The van der Waals surface area contributed by atoms with Gasteiger partial charge in [0.15, 0.2) is 0 Å². The SMILES string of the molecule is CCNCCC(=O)Nc1ccccc1C(=O)N(C)C. The van der Waals surface area contributed by atoms with E-state index in [1.54, 1.807) is 38.4 Å². The average Bonchev–Trinajstić information content (AvgIpc) is 2.38. The molecule has 0 aromatic heterocycles. The quantitative estimate of drug-likeness (QED) is 0.761. The Bertz CT molecular complexity index is 444. The lowest BCUT2D eigenvalue weighted by Crippen LogP contribution is -2.25. The van der Waals surface area contributed by atoms with E-state index in [2.05, 4.69) is 10.6 Å². The molecule has 0 bridgehead atoms. The standard InChI is InChI=1S/C14H21N3O2/c1-4-15-10-9-13(18)16-12-8-6-5-7-11(12)14(19)17(2)3/h5-8,15H,4,9-10H2,1-3H3,(H,16,18). The maximum atomic E-state index is 12.0. The zero-order valence-electron chi connectivity index (χ0n) is 11.7. The van der Waals surface area contributed by atoms with Gasteiger partial charge in [0.05, 0.1) is 11.3 Å². The molecule has 0 heterocycles. The van der Waals surface area contributed by atoms with Gasteiger partial charge in [-0.1, -0.05) is 19.1 Å². The summed E-state index contributed by atoms with van der Waals surface area (Å²) in [4.78, 5) is 25.2.